The van der Waals surface area contributed by atoms with Crippen molar-refractivity contribution in [3.05, 3.63) is 5.32 Å². The van der Waals surface area contributed by atoms with Crippen LogP contribution in [0.5, 0.6) is 0 Å². The molecule has 0 aliphatic heterocycles. The summed E-state index contributed by atoms with van der Waals surface area (Å²) in [5, 5.41) is 3.63. The Morgan fingerprint density at radius 3 is 2.17 bits per heavy atom. The Hall–Kier alpha value is 0.608. The zero-order valence-corrected chi connectivity index (χ0v) is 6.90. The van der Waals surface area contributed by atoms with Crippen molar-refractivity contribution in [1.29, 1.82) is 0 Å². The van der Waals surface area contributed by atoms with Crippen LogP contribution in [0.25, 0.3) is 5.32 Å². The first kappa shape index (κ1) is 9.79. The van der Waals surface area contributed by atoms with E-state index in [2.05, 4.69) is 10.1 Å². The smallest absolute Gasteiger partial charge is 0.0331 e. The minimum atomic E-state index is 0. The molecule has 0 fully saturated rings. The Labute approximate surface area is 52.5 Å². The van der Waals surface area contributed by atoms with Crippen LogP contribution in [0.15, 0.2) is 0 Å². The molecule has 3 heteroatoms. The molecular weight excluding hydrogens is 250 g/mol. The van der Waals surface area contributed by atoms with Gasteiger partial charge in [0, 0.05) is 28.2 Å². The standard InChI is InChI=1S/C3H8NO.W/c1-4-3-5-2;/h3H2,1-2H3;/q-1;. The molecule has 0 aromatic carbocycles. The maximum atomic E-state index is 4.52. The number of hydrogen-bond acceptors (Lipinski definition) is 1. The molecule has 0 aromatic heterocycles. The summed E-state index contributed by atoms with van der Waals surface area (Å²) < 4.78 is 4.52. The summed E-state index contributed by atoms with van der Waals surface area (Å²) in [6, 6.07) is 0. The molecule has 0 radical (unpaired) electrons. The van der Waals surface area contributed by atoms with Crippen molar-refractivity contribution < 1.29 is 25.8 Å². The van der Waals surface area contributed by atoms with Crippen molar-refractivity contribution in [2.75, 3.05) is 20.9 Å². The Bertz CT molecular complexity index is 18.3. The third-order valence-electron chi connectivity index (χ3n) is 0.258. The van der Waals surface area contributed by atoms with Gasteiger partial charge in [-0.3, -0.25) is 0 Å². The normalized spacial score (nSPS) is 7.00. The van der Waals surface area contributed by atoms with Gasteiger partial charge in [0.2, 0.25) is 0 Å². The second-order valence-electron chi connectivity index (χ2n) is 0.734. The molecule has 2 nitrogen and oxygen atoms in total. The average Bonchev–Trinajstić information content (AvgIpc) is 1.41. The Morgan fingerprint density at radius 2 is 2.17 bits per heavy atom. The first-order valence-electron chi connectivity index (χ1n) is 1.46. The van der Waals surface area contributed by atoms with Gasteiger partial charge in [0.25, 0.3) is 0 Å². The largest absolute Gasteiger partial charge is 0.642 e. The summed E-state index contributed by atoms with van der Waals surface area (Å²) in [5.74, 6) is 0. The number of rotatable bonds is 2. The Kier molecular flexibility index (Phi) is 14.9. The van der Waals surface area contributed by atoms with Gasteiger partial charge in [0.05, 0.1) is 0 Å². The molecule has 38 valence electrons. The van der Waals surface area contributed by atoms with Crippen LogP contribution in [0, 0.1) is 0 Å². The predicted octanol–water partition coefficient (Wildman–Crippen LogP) is 0.591. The molecule has 0 saturated heterocycles. The zero-order valence-electron chi connectivity index (χ0n) is 3.97. The number of methoxy groups -OCH3 is 1. The quantitative estimate of drug-likeness (QED) is 0.711. The fraction of sp³-hybridized carbons (Fsp3) is 1.00. The maximum Gasteiger partial charge on any atom is 0.0331 e. The van der Waals surface area contributed by atoms with E-state index in [9.17, 15) is 0 Å². The van der Waals surface area contributed by atoms with Gasteiger partial charge in [-0.05, 0) is 6.73 Å². The van der Waals surface area contributed by atoms with E-state index in [1.165, 1.54) is 0 Å². The van der Waals surface area contributed by atoms with Gasteiger partial charge >= 0.3 is 0 Å². The van der Waals surface area contributed by atoms with Gasteiger partial charge in [-0.15, -0.1) is 0 Å². The molecule has 0 saturated carbocycles. The molecule has 0 rings (SSSR count). The number of nitrogens with zero attached hydrogens (tertiary/aromatic N) is 1. The average molecular weight is 258 g/mol. The van der Waals surface area contributed by atoms with E-state index < -0.39 is 0 Å². The molecule has 6 heavy (non-hydrogen) atoms. The molecule has 0 aromatic rings. The molecule has 0 heterocycles. The van der Waals surface area contributed by atoms with Crippen LogP contribution in [0.3, 0.4) is 0 Å². The monoisotopic (exact) mass is 258 g/mol. The second kappa shape index (κ2) is 9.15. The molecular formula is C3H8NOW-. The van der Waals surface area contributed by atoms with Crippen molar-refractivity contribution in [1.82, 2.24) is 0 Å². The van der Waals surface area contributed by atoms with Crippen LogP contribution in [0.2, 0.25) is 0 Å². The molecule has 0 bridgehead atoms. The minimum Gasteiger partial charge on any atom is -0.642 e. The van der Waals surface area contributed by atoms with Crippen molar-refractivity contribution in [3.63, 3.8) is 0 Å². The summed E-state index contributed by atoms with van der Waals surface area (Å²) >= 11 is 0. The van der Waals surface area contributed by atoms with E-state index in [1.807, 2.05) is 0 Å². The van der Waals surface area contributed by atoms with Gasteiger partial charge in [-0.1, -0.05) is 0 Å². The predicted molar refractivity (Wildman–Crippen MR) is 21.2 cm³/mol. The Morgan fingerprint density at radius 1 is 1.67 bits per heavy atom. The second-order valence-corrected chi connectivity index (χ2v) is 0.734. The molecule has 0 atom stereocenters. The third-order valence-corrected chi connectivity index (χ3v) is 0.258. The first-order chi connectivity index (χ1) is 2.41. The molecule has 0 unspecified atom stereocenters. The topological polar surface area (TPSA) is 23.3 Å². The zero-order chi connectivity index (χ0) is 4.12. The Balaban J connectivity index is 0. The summed E-state index contributed by atoms with van der Waals surface area (Å²) in [6.07, 6.45) is 0. The van der Waals surface area contributed by atoms with Gasteiger partial charge in [-0.2, -0.15) is 7.05 Å². The van der Waals surface area contributed by atoms with E-state index in [0.29, 0.717) is 6.73 Å². The SMILES string of the molecule is C[N-]COC.[W]. The van der Waals surface area contributed by atoms with Gasteiger partial charge in [0.1, 0.15) is 0 Å². The molecule has 0 aliphatic rings. The molecule has 0 amide bonds. The van der Waals surface area contributed by atoms with Crippen LogP contribution >= 0.6 is 0 Å². The maximum absolute atomic E-state index is 4.52. The van der Waals surface area contributed by atoms with Crippen molar-refractivity contribution in [2.24, 2.45) is 0 Å². The molecule has 0 spiro atoms. The van der Waals surface area contributed by atoms with Gasteiger partial charge in [0.15, 0.2) is 0 Å². The van der Waals surface area contributed by atoms with Crippen molar-refractivity contribution >= 4 is 0 Å². The van der Waals surface area contributed by atoms with E-state index in [4.69, 9.17) is 0 Å². The van der Waals surface area contributed by atoms with Gasteiger partial charge < -0.3 is 10.1 Å². The van der Waals surface area contributed by atoms with Crippen LogP contribution in [0.4, 0.5) is 0 Å². The van der Waals surface area contributed by atoms with Crippen molar-refractivity contribution in [3.8, 4) is 0 Å². The van der Waals surface area contributed by atoms with Gasteiger partial charge in [-0.25, -0.2) is 0 Å². The van der Waals surface area contributed by atoms with Crippen molar-refractivity contribution in [2.45, 2.75) is 0 Å². The van der Waals surface area contributed by atoms with E-state index in [0.717, 1.165) is 0 Å². The first-order valence-corrected chi connectivity index (χ1v) is 1.46. The van der Waals surface area contributed by atoms with Crippen LogP contribution < -0.4 is 0 Å². The minimum absolute atomic E-state index is 0. The van der Waals surface area contributed by atoms with E-state index in [-0.39, 0.29) is 21.1 Å². The molecule has 0 aliphatic carbocycles. The summed E-state index contributed by atoms with van der Waals surface area (Å²) in [5.41, 5.74) is 0. The number of ether oxygens (including phenoxy) is 1. The molecule has 0 N–H and O–H groups in total. The van der Waals surface area contributed by atoms with E-state index >= 15 is 0 Å². The van der Waals surface area contributed by atoms with Crippen LogP contribution in [-0.2, 0) is 25.8 Å². The van der Waals surface area contributed by atoms with Crippen LogP contribution in [-0.4, -0.2) is 20.9 Å². The number of hydrogen-bond donors (Lipinski definition) is 0. The summed E-state index contributed by atoms with van der Waals surface area (Å²) in [7, 11) is 3.33. The van der Waals surface area contributed by atoms with Crippen LogP contribution in [0.1, 0.15) is 0 Å². The third kappa shape index (κ3) is 8.82. The summed E-state index contributed by atoms with van der Waals surface area (Å²) in [4.78, 5) is 0. The van der Waals surface area contributed by atoms with E-state index in [1.54, 1.807) is 14.2 Å². The summed E-state index contributed by atoms with van der Waals surface area (Å²) in [6.45, 7) is 0.514. The fourth-order valence-corrected chi connectivity index (χ4v) is 0.129. The fourth-order valence-electron chi connectivity index (χ4n) is 0.129.